The van der Waals surface area contributed by atoms with Gasteiger partial charge in [-0.15, -0.1) is 0 Å². The van der Waals surface area contributed by atoms with Crippen LogP contribution in [0.1, 0.15) is 39.2 Å². The van der Waals surface area contributed by atoms with Crippen LogP contribution in [0.4, 0.5) is 4.79 Å². The number of thioether (sulfide) groups is 1. The van der Waals surface area contributed by atoms with Gasteiger partial charge in [0.15, 0.2) is 5.16 Å². The molecule has 2 aromatic rings. The molecule has 6 nitrogen and oxygen atoms in total. The predicted octanol–water partition coefficient (Wildman–Crippen LogP) is 3.32. The zero-order valence-electron chi connectivity index (χ0n) is 14.9. The van der Waals surface area contributed by atoms with Gasteiger partial charge in [0.05, 0.1) is 10.9 Å². The fourth-order valence-electron chi connectivity index (χ4n) is 2.39. The summed E-state index contributed by atoms with van der Waals surface area (Å²) in [5.74, 6) is 0.0255. The van der Waals surface area contributed by atoms with Gasteiger partial charge in [-0.25, -0.2) is 9.78 Å². The SMILES string of the molecule is CCNC(=O)NC(=O)C(C)Sc1nccn1-c1ccccc1C(C)C. The second-order valence-corrected chi connectivity index (χ2v) is 7.21. The molecule has 0 aliphatic rings. The van der Waals surface area contributed by atoms with Crippen LogP contribution in [0.15, 0.2) is 41.8 Å². The Bertz CT molecular complexity index is 742. The van der Waals surface area contributed by atoms with E-state index < -0.39 is 11.3 Å². The quantitative estimate of drug-likeness (QED) is 0.775. The monoisotopic (exact) mass is 360 g/mol. The van der Waals surface area contributed by atoms with Gasteiger partial charge in [0.25, 0.3) is 0 Å². The zero-order valence-corrected chi connectivity index (χ0v) is 15.8. The number of carbonyl (C=O) groups is 2. The smallest absolute Gasteiger partial charge is 0.321 e. The molecule has 25 heavy (non-hydrogen) atoms. The van der Waals surface area contributed by atoms with E-state index in [0.717, 1.165) is 5.69 Å². The molecule has 0 aliphatic carbocycles. The van der Waals surface area contributed by atoms with Crippen LogP contribution in [0.2, 0.25) is 0 Å². The lowest BCUT2D eigenvalue weighted by Gasteiger charge is -2.16. The van der Waals surface area contributed by atoms with Crippen molar-refractivity contribution in [3.05, 3.63) is 42.2 Å². The van der Waals surface area contributed by atoms with Crippen LogP contribution in [-0.2, 0) is 4.79 Å². The van der Waals surface area contributed by atoms with E-state index in [1.807, 2.05) is 29.0 Å². The van der Waals surface area contributed by atoms with Crippen molar-refractivity contribution in [1.29, 1.82) is 0 Å². The minimum Gasteiger partial charge on any atom is -0.338 e. The van der Waals surface area contributed by atoms with Gasteiger partial charge in [0.2, 0.25) is 5.91 Å². The molecule has 0 saturated carbocycles. The molecular formula is C18H24N4O2S. The maximum atomic E-state index is 12.1. The first-order valence-electron chi connectivity index (χ1n) is 8.32. The zero-order chi connectivity index (χ0) is 18.4. The predicted molar refractivity (Wildman–Crippen MR) is 100 cm³/mol. The molecule has 2 N–H and O–H groups in total. The lowest BCUT2D eigenvalue weighted by atomic mass is 10.0. The van der Waals surface area contributed by atoms with Gasteiger partial charge in [-0.05, 0) is 31.4 Å². The summed E-state index contributed by atoms with van der Waals surface area (Å²) in [6, 6.07) is 7.67. The van der Waals surface area contributed by atoms with E-state index in [-0.39, 0.29) is 5.91 Å². The van der Waals surface area contributed by atoms with Crippen LogP contribution >= 0.6 is 11.8 Å². The van der Waals surface area contributed by atoms with E-state index in [2.05, 4.69) is 35.5 Å². The molecule has 1 heterocycles. The third-order valence-electron chi connectivity index (χ3n) is 3.65. The normalized spacial score (nSPS) is 12.0. The van der Waals surface area contributed by atoms with E-state index in [1.165, 1.54) is 17.3 Å². The number of nitrogens with one attached hydrogen (secondary N) is 2. The number of urea groups is 1. The van der Waals surface area contributed by atoms with E-state index in [0.29, 0.717) is 17.6 Å². The van der Waals surface area contributed by atoms with Crippen LogP contribution in [-0.4, -0.2) is 33.3 Å². The molecule has 0 aliphatic heterocycles. The van der Waals surface area contributed by atoms with Gasteiger partial charge in [0.1, 0.15) is 0 Å². The average molecular weight is 360 g/mol. The third-order valence-corrected chi connectivity index (χ3v) is 4.73. The highest BCUT2D eigenvalue weighted by Gasteiger charge is 2.20. The van der Waals surface area contributed by atoms with E-state index in [1.54, 1.807) is 20.0 Å². The lowest BCUT2D eigenvalue weighted by molar-refractivity contribution is -0.119. The van der Waals surface area contributed by atoms with Crippen LogP contribution in [0.25, 0.3) is 5.69 Å². The van der Waals surface area contributed by atoms with Crippen LogP contribution in [0.5, 0.6) is 0 Å². The molecule has 134 valence electrons. The Morgan fingerprint density at radius 3 is 2.64 bits per heavy atom. The number of hydrogen-bond acceptors (Lipinski definition) is 4. The Morgan fingerprint density at radius 1 is 1.24 bits per heavy atom. The molecule has 0 fully saturated rings. The molecule has 7 heteroatoms. The van der Waals surface area contributed by atoms with Gasteiger partial charge >= 0.3 is 6.03 Å². The van der Waals surface area contributed by atoms with E-state index in [9.17, 15) is 9.59 Å². The van der Waals surface area contributed by atoms with Crippen molar-refractivity contribution < 1.29 is 9.59 Å². The molecule has 0 radical (unpaired) electrons. The molecule has 1 unspecified atom stereocenters. The van der Waals surface area contributed by atoms with Crippen molar-refractivity contribution in [2.75, 3.05) is 6.54 Å². The number of benzene rings is 1. The topological polar surface area (TPSA) is 76.0 Å². The Morgan fingerprint density at radius 2 is 1.96 bits per heavy atom. The van der Waals surface area contributed by atoms with E-state index in [4.69, 9.17) is 0 Å². The van der Waals surface area contributed by atoms with Crippen LogP contribution < -0.4 is 10.6 Å². The molecule has 3 amide bonds. The number of rotatable bonds is 6. The molecule has 0 bridgehead atoms. The molecule has 0 spiro atoms. The summed E-state index contributed by atoms with van der Waals surface area (Å²) in [7, 11) is 0. The highest BCUT2D eigenvalue weighted by molar-refractivity contribution is 8.00. The minimum absolute atomic E-state index is 0.345. The van der Waals surface area contributed by atoms with Crippen molar-refractivity contribution in [3.8, 4) is 5.69 Å². The summed E-state index contributed by atoms with van der Waals surface area (Å²) in [5.41, 5.74) is 2.26. The summed E-state index contributed by atoms with van der Waals surface area (Å²) in [5, 5.41) is 5.15. The number of para-hydroxylation sites is 1. The van der Waals surface area contributed by atoms with Gasteiger partial charge < -0.3 is 5.32 Å². The first-order chi connectivity index (χ1) is 11.9. The van der Waals surface area contributed by atoms with Crippen LogP contribution in [0.3, 0.4) is 0 Å². The summed E-state index contributed by atoms with van der Waals surface area (Å²) in [4.78, 5) is 28.0. The summed E-state index contributed by atoms with van der Waals surface area (Å²) < 4.78 is 1.98. The van der Waals surface area contributed by atoms with E-state index >= 15 is 0 Å². The Hall–Kier alpha value is -2.28. The highest BCUT2D eigenvalue weighted by atomic mass is 32.2. The Kier molecular flexibility index (Phi) is 6.64. The van der Waals surface area contributed by atoms with Gasteiger partial charge in [0, 0.05) is 18.9 Å². The second kappa shape index (κ2) is 8.71. The minimum atomic E-state index is -0.478. The Balaban J connectivity index is 2.17. The van der Waals surface area contributed by atoms with Crippen molar-refractivity contribution in [2.45, 2.75) is 44.0 Å². The number of carbonyl (C=O) groups excluding carboxylic acids is 2. The fourth-order valence-corrected chi connectivity index (χ4v) is 3.26. The summed E-state index contributed by atoms with van der Waals surface area (Å²) in [6.07, 6.45) is 3.60. The first kappa shape index (κ1) is 19.1. The fraction of sp³-hybridized carbons (Fsp3) is 0.389. The summed E-state index contributed by atoms with van der Waals surface area (Å²) >= 11 is 1.32. The molecule has 1 aromatic carbocycles. The second-order valence-electron chi connectivity index (χ2n) is 5.90. The number of imidazole rings is 1. The van der Waals surface area contributed by atoms with Crippen molar-refractivity contribution >= 4 is 23.7 Å². The van der Waals surface area contributed by atoms with Gasteiger partial charge in [-0.1, -0.05) is 43.8 Å². The standard InChI is InChI=1S/C18H24N4O2S/c1-5-19-17(24)21-16(23)13(4)25-18-20-10-11-22(18)15-9-7-6-8-14(15)12(2)3/h6-13H,5H2,1-4H3,(H2,19,21,23,24). The first-order valence-corrected chi connectivity index (χ1v) is 9.20. The molecule has 2 rings (SSSR count). The Labute approximate surface area is 152 Å². The highest BCUT2D eigenvalue weighted by Crippen LogP contribution is 2.29. The van der Waals surface area contributed by atoms with Gasteiger partial charge in [-0.3, -0.25) is 14.7 Å². The molecule has 0 saturated heterocycles. The maximum Gasteiger partial charge on any atom is 0.321 e. The number of nitrogens with zero attached hydrogens (tertiary/aromatic N) is 2. The average Bonchev–Trinajstić information content (AvgIpc) is 3.02. The largest absolute Gasteiger partial charge is 0.338 e. The van der Waals surface area contributed by atoms with Crippen molar-refractivity contribution in [1.82, 2.24) is 20.2 Å². The molecule has 1 atom stereocenters. The number of aromatic nitrogens is 2. The summed E-state index contributed by atoms with van der Waals surface area (Å²) in [6.45, 7) is 8.31. The van der Waals surface area contributed by atoms with Crippen LogP contribution in [0, 0.1) is 0 Å². The lowest BCUT2D eigenvalue weighted by Crippen LogP contribution is -2.42. The molecular weight excluding hydrogens is 336 g/mol. The van der Waals surface area contributed by atoms with Crippen molar-refractivity contribution in [2.24, 2.45) is 0 Å². The third kappa shape index (κ3) is 4.85. The van der Waals surface area contributed by atoms with Gasteiger partial charge in [-0.2, -0.15) is 0 Å². The number of amides is 3. The number of hydrogen-bond donors (Lipinski definition) is 2. The van der Waals surface area contributed by atoms with Crippen molar-refractivity contribution in [3.63, 3.8) is 0 Å². The molecule has 1 aromatic heterocycles. The maximum absolute atomic E-state index is 12.1. The number of imide groups is 1.